The van der Waals surface area contributed by atoms with Crippen molar-refractivity contribution in [3.05, 3.63) is 42.0 Å². The van der Waals surface area contributed by atoms with Crippen LogP contribution in [-0.4, -0.2) is 20.0 Å². The third-order valence-corrected chi connectivity index (χ3v) is 3.05. The summed E-state index contributed by atoms with van der Waals surface area (Å²) in [5.74, 6) is 0. The first-order chi connectivity index (χ1) is 8.47. The van der Waals surface area contributed by atoms with Crippen molar-refractivity contribution >= 4 is 0 Å². The summed E-state index contributed by atoms with van der Waals surface area (Å²) in [5.41, 5.74) is 2.35. The molecule has 96 valence electrons. The van der Waals surface area contributed by atoms with Crippen molar-refractivity contribution in [2.24, 2.45) is 0 Å². The lowest BCUT2D eigenvalue weighted by Gasteiger charge is -2.19. The van der Waals surface area contributed by atoms with Crippen LogP contribution in [0.4, 0.5) is 0 Å². The van der Waals surface area contributed by atoms with Crippen LogP contribution in [0.3, 0.4) is 0 Å². The summed E-state index contributed by atoms with van der Waals surface area (Å²) in [6, 6.07) is 4.38. The summed E-state index contributed by atoms with van der Waals surface area (Å²) >= 11 is 0. The van der Waals surface area contributed by atoms with E-state index >= 15 is 0 Å². The molecular formula is C14H20N4. The Kier molecular flexibility index (Phi) is 3.45. The second-order valence-corrected chi connectivity index (χ2v) is 5.72. The SMILES string of the molecule is CC(Cc1cc(C(C)(C)C)cnn1)n1cccn1. The van der Waals surface area contributed by atoms with E-state index in [1.807, 2.05) is 23.1 Å². The molecule has 0 saturated heterocycles. The van der Waals surface area contributed by atoms with Crippen molar-refractivity contribution in [1.82, 2.24) is 20.0 Å². The Morgan fingerprint density at radius 2 is 2.11 bits per heavy atom. The van der Waals surface area contributed by atoms with Gasteiger partial charge in [-0.1, -0.05) is 20.8 Å². The highest BCUT2D eigenvalue weighted by Gasteiger charge is 2.16. The van der Waals surface area contributed by atoms with Crippen LogP contribution >= 0.6 is 0 Å². The fraction of sp³-hybridized carbons (Fsp3) is 0.500. The highest BCUT2D eigenvalue weighted by atomic mass is 15.3. The van der Waals surface area contributed by atoms with E-state index < -0.39 is 0 Å². The van der Waals surface area contributed by atoms with E-state index in [0.29, 0.717) is 6.04 Å². The van der Waals surface area contributed by atoms with E-state index in [1.165, 1.54) is 5.56 Å². The lowest BCUT2D eigenvalue weighted by atomic mass is 9.88. The maximum atomic E-state index is 4.25. The zero-order valence-electron chi connectivity index (χ0n) is 11.5. The molecule has 0 amide bonds. The molecule has 0 fully saturated rings. The molecule has 0 aromatic carbocycles. The Bertz CT molecular complexity index is 497. The van der Waals surface area contributed by atoms with Crippen LogP contribution in [0.25, 0.3) is 0 Å². The molecule has 4 heteroatoms. The summed E-state index contributed by atoms with van der Waals surface area (Å²) in [6.07, 6.45) is 6.47. The molecule has 2 aromatic rings. The fourth-order valence-corrected chi connectivity index (χ4v) is 1.86. The average molecular weight is 244 g/mol. The molecule has 0 radical (unpaired) electrons. The normalized spacial score (nSPS) is 13.6. The molecule has 0 aliphatic rings. The standard InChI is InChI=1S/C14H20N4/c1-11(18-7-5-6-16-18)8-13-9-12(10-15-17-13)14(2,3)4/h5-7,9-11H,8H2,1-4H3. The second-order valence-electron chi connectivity index (χ2n) is 5.72. The van der Waals surface area contributed by atoms with Crippen LogP contribution in [-0.2, 0) is 11.8 Å². The number of aromatic nitrogens is 4. The van der Waals surface area contributed by atoms with Crippen LogP contribution in [0.2, 0.25) is 0 Å². The van der Waals surface area contributed by atoms with E-state index in [4.69, 9.17) is 0 Å². The molecule has 2 aromatic heterocycles. The van der Waals surface area contributed by atoms with E-state index in [1.54, 1.807) is 6.20 Å². The van der Waals surface area contributed by atoms with Gasteiger partial charge in [0.05, 0.1) is 17.9 Å². The minimum Gasteiger partial charge on any atom is -0.270 e. The molecule has 18 heavy (non-hydrogen) atoms. The Labute approximate surface area is 108 Å². The quantitative estimate of drug-likeness (QED) is 0.834. The molecule has 0 N–H and O–H groups in total. The van der Waals surface area contributed by atoms with Gasteiger partial charge in [-0.2, -0.15) is 15.3 Å². The molecular weight excluding hydrogens is 224 g/mol. The molecule has 2 rings (SSSR count). The van der Waals surface area contributed by atoms with Gasteiger partial charge < -0.3 is 0 Å². The Morgan fingerprint density at radius 3 is 2.72 bits per heavy atom. The average Bonchev–Trinajstić information content (AvgIpc) is 2.81. The molecule has 4 nitrogen and oxygen atoms in total. The topological polar surface area (TPSA) is 43.6 Å². The van der Waals surface area contributed by atoms with Crippen molar-refractivity contribution < 1.29 is 0 Å². The summed E-state index contributed by atoms with van der Waals surface area (Å²) in [7, 11) is 0. The number of nitrogens with zero attached hydrogens (tertiary/aromatic N) is 4. The third-order valence-electron chi connectivity index (χ3n) is 3.05. The van der Waals surface area contributed by atoms with Crippen molar-refractivity contribution in [2.75, 3.05) is 0 Å². The lowest BCUT2D eigenvalue weighted by Crippen LogP contribution is -2.15. The van der Waals surface area contributed by atoms with Gasteiger partial charge in [0.1, 0.15) is 0 Å². The van der Waals surface area contributed by atoms with Crippen LogP contribution in [0.5, 0.6) is 0 Å². The minimum absolute atomic E-state index is 0.111. The van der Waals surface area contributed by atoms with Crippen LogP contribution in [0, 0.1) is 0 Å². The van der Waals surface area contributed by atoms with Crippen LogP contribution < -0.4 is 0 Å². The molecule has 1 atom stereocenters. The van der Waals surface area contributed by atoms with Crippen LogP contribution in [0.15, 0.2) is 30.7 Å². The first kappa shape index (κ1) is 12.7. The van der Waals surface area contributed by atoms with Crippen molar-refractivity contribution in [2.45, 2.75) is 45.6 Å². The summed E-state index contributed by atoms with van der Waals surface area (Å²) in [5, 5.41) is 12.6. The molecule has 2 heterocycles. The highest BCUT2D eigenvalue weighted by molar-refractivity contribution is 5.20. The largest absolute Gasteiger partial charge is 0.270 e. The Hall–Kier alpha value is -1.71. The lowest BCUT2D eigenvalue weighted by molar-refractivity contribution is 0.480. The van der Waals surface area contributed by atoms with Crippen molar-refractivity contribution in [3.63, 3.8) is 0 Å². The van der Waals surface area contributed by atoms with E-state index in [-0.39, 0.29) is 5.41 Å². The monoisotopic (exact) mass is 244 g/mol. The summed E-state index contributed by atoms with van der Waals surface area (Å²) in [6.45, 7) is 8.69. The van der Waals surface area contributed by atoms with Gasteiger partial charge in [-0.15, -0.1) is 0 Å². The summed E-state index contributed by atoms with van der Waals surface area (Å²) in [4.78, 5) is 0. The third kappa shape index (κ3) is 2.94. The highest BCUT2D eigenvalue weighted by Crippen LogP contribution is 2.22. The predicted octanol–water partition coefficient (Wildman–Crippen LogP) is 2.77. The zero-order valence-corrected chi connectivity index (χ0v) is 11.5. The van der Waals surface area contributed by atoms with Gasteiger partial charge in [0.25, 0.3) is 0 Å². The van der Waals surface area contributed by atoms with Gasteiger partial charge in [0.2, 0.25) is 0 Å². The smallest absolute Gasteiger partial charge is 0.0655 e. The second kappa shape index (κ2) is 4.88. The first-order valence-electron chi connectivity index (χ1n) is 6.28. The minimum atomic E-state index is 0.111. The van der Waals surface area contributed by atoms with Crippen molar-refractivity contribution in [3.8, 4) is 0 Å². The van der Waals surface area contributed by atoms with Crippen molar-refractivity contribution in [1.29, 1.82) is 0 Å². The number of hydrogen-bond acceptors (Lipinski definition) is 3. The molecule has 0 aliphatic carbocycles. The van der Waals surface area contributed by atoms with Gasteiger partial charge >= 0.3 is 0 Å². The Balaban J connectivity index is 2.15. The van der Waals surface area contributed by atoms with E-state index in [2.05, 4.69) is 49.1 Å². The van der Waals surface area contributed by atoms with Gasteiger partial charge in [-0.05, 0) is 30.0 Å². The molecule has 1 unspecified atom stereocenters. The Morgan fingerprint density at radius 1 is 1.33 bits per heavy atom. The molecule has 0 aliphatic heterocycles. The van der Waals surface area contributed by atoms with E-state index in [0.717, 1.165) is 12.1 Å². The van der Waals surface area contributed by atoms with Gasteiger partial charge in [0, 0.05) is 18.8 Å². The van der Waals surface area contributed by atoms with Gasteiger partial charge in [-0.3, -0.25) is 4.68 Å². The maximum Gasteiger partial charge on any atom is 0.0655 e. The molecule has 0 spiro atoms. The summed E-state index contributed by atoms with van der Waals surface area (Å²) < 4.78 is 1.95. The fourth-order valence-electron chi connectivity index (χ4n) is 1.86. The molecule has 0 saturated carbocycles. The van der Waals surface area contributed by atoms with E-state index in [9.17, 15) is 0 Å². The predicted molar refractivity (Wildman–Crippen MR) is 71.4 cm³/mol. The van der Waals surface area contributed by atoms with Gasteiger partial charge in [0.15, 0.2) is 0 Å². The first-order valence-corrected chi connectivity index (χ1v) is 6.28. The molecule has 0 bridgehead atoms. The number of hydrogen-bond donors (Lipinski definition) is 0. The van der Waals surface area contributed by atoms with Gasteiger partial charge in [-0.25, -0.2) is 0 Å². The zero-order chi connectivity index (χ0) is 13.2. The maximum absolute atomic E-state index is 4.25. The van der Waals surface area contributed by atoms with Crippen LogP contribution in [0.1, 0.15) is 45.0 Å². The number of rotatable bonds is 3.